The molecule has 0 bridgehead atoms. The van der Waals surface area contributed by atoms with Crippen LogP contribution < -0.4 is 4.98 Å². The monoisotopic (exact) mass is 339 g/mol. The standard InChI is InChI=1S/C15H22F5NSi/c1-4-7-22(8-5-2,9-6-3)21-15-13(19)11(17)10(16)12(18)14(15)20/h21H,4-9H2,1-3H3. The molecule has 1 N–H and O–H groups in total. The van der Waals surface area contributed by atoms with Gasteiger partial charge in [0.2, 0.25) is 5.82 Å². The molecule has 0 aliphatic heterocycles. The molecular formula is C15H22F5NSi. The summed E-state index contributed by atoms with van der Waals surface area (Å²) in [5.74, 6) is -9.44. The van der Waals surface area contributed by atoms with E-state index in [1.807, 2.05) is 20.8 Å². The predicted octanol–water partition coefficient (Wildman–Crippen LogP) is 5.97. The molecule has 0 unspecified atom stereocenters. The van der Waals surface area contributed by atoms with E-state index in [0.717, 1.165) is 37.4 Å². The molecule has 0 aliphatic carbocycles. The SMILES string of the molecule is CCC[Si](CCC)(CCC)Nc1c(F)c(F)c(F)c(F)c1F. The molecule has 1 nitrogen and oxygen atoms in total. The molecule has 1 rings (SSSR count). The third-order valence-corrected chi connectivity index (χ3v) is 8.94. The van der Waals surface area contributed by atoms with Crippen LogP contribution in [0, 0.1) is 29.1 Å². The maximum Gasteiger partial charge on any atom is 0.200 e. The highest BCUT2D eigenvalue weighted by Crippen LogP contribution is 2.33. The van der Waals surface area contributed by atoms with Gasteiger partial charge < -0.3 is 4.98 Å². The summed E-state index contributed by atoms with van der Waals surface area (Å²) in [5.41, 5.74) is -0.863. The molecule has 1 aromatic carbocycles. The van der Waals surface area contributed by atoms with Gasteiger partial charge in [-0.25, -0.2) is 22.0 Å². The summed E-state index contributed by atoms with van der Waals surface area (Å²) in [7, 11) is -2.35. The van der Waals surface area contributed by atoms with E-state index in [9.17, 15) is 22.0 Å². The first-order valence-electron chi connectivity index (χ1n) is 7.63. The van der Waals surface area contributed by atoms with Crippen molar-refractivity contribution in [2.75, 3.05) is 4.98 Å². The first-order valence-corrected chi connectivity index (χ1v) is 10.2. The molecule has 126 valence electrons. The molecule has 1 aromatic rings. The van der Waals surface area contributed by atoms with E-state index in [2.05, 4.69) is 4.98 Å². The van der Waals surface area contributed by atoms with Gasteiger partial charge in [0.1, 0.15) is 5.69 Å². The molecular weight excluding hydrogens is 317 g/mol. The highest BCUT2D eigenvalue weighted by Gasteiger charge is 2.35. The zero-order chi connectivity index (χ0) is 16.9. The molecule has 0 fully saturated rings. The van der Waals surface area contributed by atoms with Gasteiger partial charge >= 0.3 is 0 Å². The van der Waals surface area contributed by atoms with E-state index in [0.29, 0.717) is 0 Å². The fourth-order valence-corrected chi connectivity index (χ4v) is 7.72. The van der Waals surface area contributed by atoms with Crippen molar-refractivity contribution in [2.24, 2.45) is 0 Å². The van der Waals surface area contributed by atoms with Gasteiger partial charge in [-0.1, -0.05) is 40.0 Å². The molecule has 0 atom stereocenters. The van der Waals surface area contributed by atoms with Crippen molar-refractivity contribution in [3.05, 3.63) is 29.1 Å². The summed E-state index contributed by atoms with van der Waals surface area (Å²) in [6.45, 7) is 5.86. The lowest BCUT2D eigenvalue weighted by Gasteiger charge is -2.33. The lowest BCUT2D eigenvalue weighted by Crippen LogP contribution is -2.44. The van der Waals surface area contributed by atoms with Gasteiger partial charge in [-0.2, -0.15) is 0 Å². The Bertz CT molecular complexity index is 475. The number of halogens is 5. The highest BCUT2D eigenvalue weighted by molar-refractivity contribution is 6.82. The number of benzene rings is 1. The first kappa shape index (κ1) is 18.9. The summed E-state index contributed by atoms with van der Waals surface area (Å²) >= 11 is 0. The number of anilines is 1. The summed E-state index contributed by atoms with van der Waals surface area (Å²) in [4.78, 5) is 2.78. The fraction of sp³-hybridized carbons (Fsp3) is 0.600. The maximum absolute atomic E-state index is 13.9. The number of rotatable bonds is 8. The summed E-state index contributed by atoms with van der Waals surface area (Å²) in [5, 5.41) is 0. The highest BCUT2D eigenvalue weighted by atomic mass is 28.3. The van der Waals surface area contributed by atoms with E-state index in [4.69, 9.17) is 0 Å². The first-order chi connectivity index (χ1) is 10.3. The maximum atomic E-state index is 13.9. The van der Waals surface area contributed by atoms with Crippen LogP contribution >= 0.6 is 0 Å². The summed E-state index contributed by atoms with van der Waals surface area (Å²) < 4.78 is 67.6. The second-order valence-electron chi connectivity index (χ2n) is 5.60. The molecule has 0 spiro atoms. The Kier molecular flexibility index (Phi) is 6.84. The molecule has 0 heterocycles. The fourth-order valence-electron chi connectivity index (χ4n) is 2.98. The Morgan fingerprint density at radius 1 is 0.636 bits per heavy atom. The molecule has 22 heavy (non-hydrogen) atoms. The van der Waals surface area contributed by atoms with E-state index in [-0.39, 0.29) is 0 Å². The van der Waals surface area contributed by atoms with Gasteiger partial charge in [0.05, 0.1) is 0 Å². The average Bonchev–Trinajstić information content (AvgIpc) is 2.48. The molecule has 0 radical (unpaired) electrons. The van der Waals surface area contributed by atoms with Crippen molar-refractivity contribution in [2.45, 2.75) is 58.2 Å². The smallest absolute Gasteiger partial charge is 0.200 e. The van der Waals surface area contributed by atoms with Crippen LogP contribution in [0.25, 0.3) is 0 Å². The van der Waals surface area contributed by atoms with Gasteiger partial charge in [0, 0.05) is 0 Å². The second kappa shape index (κ2) is 7.94. The van der Waals surface area contributed by atoms with Gasteiger partial charge in [-0.05, 0) is 18.1 Å². The van der Waals surface area contributed by atoms with Crippen LogP contribution in [0.4, 0.5) is 27.6 Å². The molecule has 0 aromatic heterocycles. The van der Waals surface area contributed by atoms with Gasteiger partial charge in [-0.3, -0.25) is 0 Å². The van der Waals surface area contributed by atoms with Crippen molar-refractivity contribution in [1.29, 1.82) is 0 Å². The minimum Gasteiger partial charge on any atom is -0.405 e. The van der Waals surface area contributed by atoms with Crippen molar-refractivity contribution in [1.82, 2.24) is 0 Å². The van der Waals surface area contributed by atoms with Crippen molar-refractivity contribution in [3.8, 4) is 0 Å². The van der Waals surface area contributed by atoms with Crippen LogP contribution in [0.3, 0.4) is 0 Å². The van der Waals surface area contributed by atoms with E-state index >= 15 is 0 Å². The van der Waals surface area contributed by atoms with Gasteiger partial charge in [-0.15, -0.1) is 0 Å². The molecule has 0 saturated heterocycles. The quantitative estimate of drug-likeness (QED) is 0.266. The molecule has 0 saturated carbocycles. The topological polar surface area (TPSA) is 12.0 Å². The number of hydrogen-bond acceptors (Lipinski definition) is 1. The van der Waals surface area contributed by atoms with Crippen LogP contribution in [-0.2, 0) is 0 Å². The second-order valence-corrected chi connectivity index (χ2v) is 9.91. The van der Waals surface area contributed by atoms with Crippen molar-refractivity contribution < 1.29 is 22.0 Å². The van der Waals surface area contributed by atoms with Crippen LogP contribution in [0.2, 0.25) is 18.1 Å². The Morgan fingerprint density at radius 2 is 0.955 bits per heavy atom. The minimum atomic E-state index is -2.35. The zero-order valence-corrected chi connectivity index (χ0v) is 14.1. The predicted molar refractivity (Wildman–Crippen MR) is 80.9 cm³/mol. The lowest BCUT2D eigenvalue weighted by atomic mass is 10.2. The average molecular weight is 339 g/mol. The van der Waals surface area contributed by atoms with E-state index in [1.165, 1.54) is 0 Å². The normalized spacial score (nSPS) is 11.8. The van der Waals surface area contributed by atoms with Crippen LogP contribution in [0.15, 0.2) is 0 Å². The van der Waals surface area contributed by atoms with Crippen molar-refractivity contribution in [3.63, 3.8) is 0 Å². The summed E-state index contributed by atoms with van der Waals surface area (Å²) in [6, 6.07) is 2.19. The Morgan fingerprint density at radius 3 is 1.27 bits per heavy atom. The lowest BCUT2D eigenvalue weighted by molar-refractivity contribution is 0.382. The zero-order valence-electron chi connectivity index (χ0n) is 13.1. The Hall–Kier alpha value is -1.11. The van der Waals surface area contributed by atoms with Crippen LogP contribution in [0.1, 0.15) is 40.0 Å². The third kappa shape index (κ3) is 3.80. The summed E-state index contributed by atoms with van der Waals surface area (Å²) in [6.07, 6.45) is 2.40. The minimum absolute atomic E-state index is 0.730. The molecule has 0 amide bonds. The Labute approximate surface area is 129 Å². The number of hydrogen-bond donors (Lipinski definition) is 1. The van der Waals surface area contributed by atoms with Crippen LogP contribution in [0.5, 0.6) is 0 Å². The van der Waals surface area contributed by atoms with E-state index < -0.39 is 43.0 Å². The van der Waals surface area contributed by atoms with E-state index in [1.54, 1.807) is 0 Å². The third-order valence-electron chi connectivity index (χ3n) is 3.79. The Balaban J connectivity index is 3.34. The van der Waals surface area contributed by atoms with Gasteiger partial charge in [0.15, 0.2) is 31.5 Å². The number of nitrogens with one attached hydrogen (secondary N) is 1. The molecule has 7 heteroatoms. The van der Waals surface area contributed by atoms with Crippen molar-refractivity contribution >= 4 is 13.9 Å². The van der Waals surface area contributed by atoms with Crippen LogP contribution in [-0.4, -0.2) is 8.24 Å². The largest absolute Gasteiger partial charge is 0.405 e. The molecule has 0 aliphatic rings. The van der Waals surface area contributed by atoms with Gasteiger partial charge in [0.25, 0.3) is 0 Å².